The van der Waals surface area contributed by atoms with Gasteiger partial charge in [0.1, 0.15) is 5.82 Å². The van der Waals surface area contributed by atoms with Crippen LogP contribution in [0.4, 0.5) is 5.82 Å². The van der Waals surface area contributed by atoms with Crippen LogP contribution in [0.3, 0.4) is 0 Å². The van der Waals surface area contributed by atoms with Crippen LogP contribution in [-0.4, -0.2) is 38.7 Å². The van der Waals surface area contributed by atoms with Crippen LogP contribution in [0.1, 0.15) is 5.82 Å². The summed E-state index contributed by atoms with van der Waals surface area (Å²) in [6.45, 7) is 1.90. The van der Waals surface area contributed by atoms with Gasteiger partial charge in [0.2, 0.25) is 5.65 Å². The number of nitrogens with one attached hydrogen (secondary N) is 1. The minimum absolute atomic E-state index is 0.707. The van der Waals surface area contributed by atoms with Crippen LogP contribution < -0.4 is 5.43 Å². The molecule has 6 heteroatoms. The van der Waals surface area contributed by atoms with Gasteiger partial charge in [0.05, 0.1) is 0 Å². The van der Waals surface area contributed by atoms with Gasteiger partial charge in [-0.05, 0) is 6.92 Å². The molecule has 74 valence electrons. The maximum absolute atomic E-state index is 4.18. The molecule has 2 aromatic rings. The van der Waals surface area contributed by atoms with Crippen molar-refractivity contribution in [3.8, 4) is 0 Å². The summed E-state index contributed by atoms with van der Waals surface area (Å²) in [5.74, 6) is 1.56. The highest BCUT2D eigenvalue weighted by Gasteiger charge is 2.06. The van der Waals surface area contributed by atoms with Gasteiger partial charge in [-0.25, -0.2) is 9.99 Å². The first-order valence-corrected chi connectivity index (χ1v) is 4.29. The zero-order valence-corrected chi connectivity index (χ0v) is 8.39. The second-order valence-corrected chi connectivity index (χ2v) is 3.22. The Labute approximate surface area is 81.6 Å². The van der Waals surface area contributed by atoms with Crippen LogP contribution in [0.15, 0.2) is 12.4 Å². The van der Waals surface area contributed by atoms with Gasteiger partial charge in [-0.1, -0.05) is 0 Å². The quantitative estimate of drug-likeness (QED) is 0.694. The van der Waals surface area contributed by atoms with Gasteiger partial charge in [-0.2, -0.15) is 0 Å². The largest absolute Gasteiger partial charge is 0.300 e. The Balaban J connectivity index is 2.54. The molecule has 14 heavy (non-hydrogen) atoms. The summed E-state index contributed by atoms with van der Waals surface area (Å²) < 4.78 is 1.89. The Morgan fingerprint density at radius 1 is 1.36 bits per heavy atom. The molecule has 1 N–H and O–H groups in total. The van der Waals surface area contributed by atoms with Crippen molar-refractivity contribution in [2.75, 3.05) is 19.5 Å². The highest BCUT2D eigenvalue weighted by molar-refractivity contribution is 5.61. The maximum Gasteiger partial charge on any atom is 0.205 e. The first-order valence-electron chi connectivity index (χ1n) is 4.29. The molecule has 0 amide bonds. The lowest BCUT2D eigenvalue weighted by molar-refractivity contribution is 0.492. The summed E-state index contributed by atoms with van der Waals surface area (Å²) in [5.41, 5.74) is 3.79. The summed E-state index contributed by atoms with van der Waals surface area (Å²) in [6, 6.07) is 0. The van der Waals surface area contributed by atoms with Crippen molar-refractivity contribution in [1.82, 2.24) is 24.6 Å². The second-order valence-electron chi connectivity index (χ2n) is 3.22. The molecular formula is C8H12N6. The predicted octanol–water partition coefficient (Wildman–Crippen LogP) is 0.321. The van der Waals surface area contributed by atoms with Crippen LogP contribution in [0.5, 0.6) is 0 Å². The number of aryl methyl sites for hydroxylation is 1. The number of fused-ring (bicyclic) bond motifs is 1. The van der Waals surface area contributed by atoms with E-state index in [1.807, 2.05) is 36.6 Å². The molecule has 0 aliphatic rings. The van der Waals surface area contributed by atoms with Crippen molar-refractivity contribution in [3.05, 3.63) is 18.2 Å². The fourth-order valence-electron chi connectivity index (χ4n) is 1.23. The standard InChI is InChI=1S/C8H12N6/c1-6-10-11-8-7(12-13(2)3)9-4-5-14(6)8/h4-5H,1-3H3,(H,9,12). The van der Waals surface area contributed by atoms with E-state index in [1.54, 1.807) is 6.20 Å². The van der Waals surface area contributed by atoms with E-state index in [2.05, 4.69) is 20.6 Å². The number of hydrogen-bond acceptors (Lipinski definition) is 5. The third kappa shape index (κ3) is 1.39. The van der Waals surface area contributed by atoms with E-state index in [4.69, 9.17) is 0 Å². The Bertz CT molecular complexity index is 446. The number of hydrazine groups is 1. The smallest absolute Gasteiger partial charge is 0.205 e. The number of nitrogens with zero attached hydrogens (tertiary/aromatic N) is 5. The van der Waals surface area contributed by atoms with Gasteiger partial charge in [0.25, 0.3) is 0 Å². The lowest BCUT2D eigenvalue weighted by Crippen LogP contribution is -2.21. The van der Waals surface area contributed by atoms with Crippen LogP contribution in [-0.2, 0) is 0 Å². The predicted molar refractivity (Wildman–Crippen MR) is 52.8 cm³/mol. The van der Waals surface area contributed by atoms with Gasteiger partial charge in [-0.15, -0.1) is 10.2 Å². The van der Waals surface area contributed by atoms with Crippen LogP contribution in [0.2, 0.25) is 0 Å². The van der Waals surface area contributed by atoms with Gasteiger partial charge >= 0.3 is 0 Å². The number of rotatable bonds is 2. The van der Waals surface area contributed by atoms with E-state index in [0.29, 0.717) is 5.82 Å². The minimum Gasteiger partial charge on any atom is -0.300 e. The third-order valence-electron chi connectivity index (χ3n) is 1.83. The van der Waals surface area contributed by atoms with Gasteiger partial charge < -0.3 is 5.43 Å². The topological polar surface area (TPSA) is 58.4 Å². The first-order chi connectivity index (χ1) is 6.68. The molecule has 0 radical (unpaired) electrons. The van der Waals surface area contributed by atoms with E-state index in [0.717, 1.165) is 11.5 Å². The Hall–Kier alpha value is -1.69. The molecule has 0 unspecified atom stereocenters. The van der Waals surface area contributed by atoms with Crippen molar-refractivity contribution < 1.29 is 0 Å². The second kappa shape index (κ2) is 3.22. The minimum atomic E-state index is 0.707. The lowest BCUT2D eigenvalue weighted by atomic mass is 10.6. The summed E-state index contributed by atoms with van der Waals surface area (Å²) in [7, 11) is 3.79. The van der Waals surface area contributed by atoms with E-state index < -0.39 is 0 Å². The molecule has 2 heterocycles. The van der Waals surface area contributed by atoms with E-state index in [-0.39, 0.29) is 0 Å². The SMILES string of the molecule is Cc1nnc2c(NN(C)C)nccn12. The number of anilines is 1. The first kappa shape index (κ1) is 8.89. The van der Waals surface area contributed by atoms with Crippen LogP contribution in [0, 0.1) is 6.92 Å². The third-order valence-corrected chi connectivity index (χ3v) is 1.83. The molecule has 0 bridgehead atoms. The van der Waals surface area contributed by atoms with Crippen LogP contribution >= 0.6 is 0 Å². The highest BCUT2D eigenvalue weighted by atomic mass is 15.5. The van der Waals surface area contributed by atoms with Crippen molar-refractivity contribution >= 4 is 11.5 Å². The molecular weight excluding hydrogens is 180 g/mol. The zero-order valence-electron chi connectivity index (χ0n) is 8.39. The van der Waals surface area contributed by atoms with E-state index in [1.165, 1.54) is 0 Å². The monoisotopic (exact) mass is 192 g/mol. The van der Waals surface area contributed by atoms with Gasteiger partial charge in [-0.3, -0.25) is 4.40 Å². The van der Waals surface area contributed by atoms with Crippen molar-refractivity contribution in [2.24, 2.45) is 0 Å². The summed E-state index contributed by atoms with van der Waals surface area (Å²) >= 11 is 0. The Morgan fingerprint density at radius 2 is 2.14 bits per heavy atom. The van der Waals surface area contributed by atoms with Gasteiger partial charge in [0.15, 0.2) is 5.82 Å². The number of aromatic nitrogens is 4. The summed E-state index contributed by atoms with van der Waals surface area (Å²) in [4.78, 5) is 4.18. The fraction of sp³-hybridized carbons (Fsp3) is 0.375. The normalized spacial score (nSPS) is 11.1. The van der Waals surface area contributed by atoms with Crippen LogP contribution in [0.25, 0.3) is 5.65 Å². The Morgan fingerprint density at radius 3 is 2.86 bits per heavy atom. The summed E-state index contributed by atoms with van der Waals surface area (Å²) in [5, 5.41) is 9.82. The van der Waals surface area contributed by atoms with E-state index >= 15 is 0 Å². The van der Waals surface area contributed by atoms with Crippen molar-refractivity contribution in [2.45, 2.75) is 6.92 Å². The van der Waals surface area contributed by atoms with Gasteiger partial charge in [0, 0.05) is 26.5 Å². The average molecular weight is 192 g/mol. The fourth-order valence-corrected chi connectivity index (χ4v) is 1.23. The van der Waals surface area contributed by atoms with Crippen molar-refractivity contribution in [3.63, 3.8) is 0 Å². The maximum atomic E-state index is 4.18. The highest BCUT2D eigenvalue weighted by Crippen LogP contribution is 2.11. The average Bonchev–Trinajstić information content (AvgIpc) is 2.49. The molecule has 2 rings (SSSR count). The molecule has 2 aromatic heterocycles. The zero-order chi connectivity index (χ0) is 10.1. The molecule has 0 atom stereocenters. The molecule has 0 aliphatic carbocycles. The molecule has 0 spiro atoms. The molecule has 0 saturated heterocycles. The lowest BCUT2D eigenvalue weighted by Gasteiger charge is -2.12. The molecule has 0 saturated carbocycles. The van der Waals surface area contributed by atoms with E-state index in [9.17, 15) is 0 Å². The summed E-state index contributed by atoms with van der Waals surface area (Å²) in [6.07, 6.45) is 3.56. The van der Waals surface area contributed by atoms with Crippen molar-refractivity contribution in [1.29, 1.82) is 0 Å². The Kier molecular flexibility index (Phi) is 2.05. The molecule has 0 fully saturated rings. The number of hydrogen-bond donors (Lipinski definition) is 1. The molecule has 6 nitrogen and oxygen atoms in total. The molecule has 0 aromatic carbocycles. The molecule has 0 aliphatic heterocycles.